The average Bonchev–Trinajstić information content (AvgIpc) is 2.58. The summed E-state index contributed by atoms with van der Waals surface area (Å²) in [5.41, 5.74) is 1.32. The Morgan fingerprint density at radius 3 is 2.67 bits per heavy atom. The Morgan fingerprint density at radius 2 is 1.89 bits per heavy atom. The van der Waals surface area contributed by atoms with E-state index >= 15 is 0 Å². The first-order chi connectivity index (χ1) is 8.68. The quantitative estimate of drug-likeness (QED) is 0.673. The molecule has 4 heteroatoms. The lowest BCUT2D eigenvalue weighted by atomic mass is 9.94. The molecule has 0 radical (unpaired) electrons. The highest BCUT2D eigenvalue weighted by Crippen LogP contribution is 2.40. The van der Waals surface area contributed by atoms with Gasteiger partial charge < -0.3 is 4.74 Å². The number of allylic oxidation sites excluding steroid dienone is 1. The lowest BCUT2D eigenvalue weighted by molar-refractivity contribution is -0.115. The maximum Gasteiger partial charge on any atom is 0.269 e. The number of Topliss-reactive ketones (excluding diaryl/α,β-unsaturated/α-hetero) is 2. The Balaban J connectivity index is 2.21. The predicted octanol–water partition coefficient (Wildman–Crippen LogP) is 2.66. The summed E-state index contributed by atoms with van der Waals surface area (Å²) >= 11 is 1.60. The molecule has 1 unspecified atom stereocenters. The molecule has 3 rings (SSSR count). The molecule has 0 bridgehead atoms. The third kappa shape index (κ3) is 1.68. The summed E-state index contributed by atoms with van der Waals surface area (Å²) in [6, 6.07) is 7.23. The van der Waals surface area contributed by atoms with Gasteiger partial charge in [0.1, 0.15) is 0 Å². The van der Waals surface area contributed by atoms with Crippen LogP contribution in [0.15, 0.2) is 30.0 Å². The zero-order valence-corrected chi connectivity index (χ0v) is 10.8. The molecule has 92 valence electrons. The summed E-state index contributed by atoms with van der Waals surface area (Å²) in [4.78, 5) is 24.9. The molecule has 1 aliphatic heterocycles. The van der Waals surface area contributed by atoms with Gasteiger partial charge in [-0.25, -0.2) is 0 Å². The zero-order chi connectivity index (χ0) is 12.7. The average molecular weight is 260 g/mol. The van der Waals surface area contributed by atoms with Crippen LogP contribution in [0.2, 0.25) is 0 Å². The Labute approximate surface area is 109 Å². The number of hydrogen-bond acceptors (Lipinski definition) is 4. The number of thioether (sulfide) groups is 1. The number of benzene rings is 1. The van der Waals surface area contributed by atoms with Gasteiger partial charge in [-0.2, -0.15) is 0 Å². The minimum atomic E-state index is -0.509. The third-order valence-corrected chi connectivity index (χ3v) is 4.26. The van der Waals surface area contributed by atoms with E-state index in [1.165, 1.54) is 0 Å². The van der Waals surface area contributed by atoms with Crippen LogP contribution in [0.25, 0.3) is 4.91 Å². The number of ketones is 2. The smallest absolute Gasteiger partial charge is 0.269 e. The van der Waals surface area contributed by atoms with Crippen molar-refractivity contribution in [2.45, 2.75) is 19.4 Å². The van der Waals surface area contributed by atoms with Gasteiger partial charge in [-0.1, -0.05) is 24.3 Å². The lowest BCUT2D eigenvalue weighted by Crippen LogP contribution is -2.25. The largest absolute Gasteiger partial charge is 0.485 e. The number of fused-ring (bicyclic) bond motifs is 2. The first kappa shape index (κ1) is 11.5. The van der Waals surface area contributed by atoms with E-state index in [4.69, 9.17) is 4.74 Å². The van der Waals surface area contributed by atoms with Gasteiger partial charge in [0.05, 0.1) is 11.0 Å². The van der Waals surface area contributed by atoms with Gasteiger partial charge in [-0.3, -0.25) is 9.59 Å². The predicted molar refractivity (Wildman–Crippen MR) is 70.3 cm³/mol. The van der Waals surface area contributed by atoms with Crippen molar-refractivity contribution in [3.63, 3.8) is 0 Å². The summed E-state index contributed by atoms with van der Waals surface area (Å²) in [7, 11) is 0. The second-order valence-corrected chi connectivity index (χ2v) is 5.53. The molecule has 1 heterocycles. The van der Waals surface area contributed by atoms with E-state index in [2.05, 4.69) is 0 Å². The van der Waals surface area contributed by atoms with Crippen molar-refractivity contribution in [1.82, 2.24) is 0 Å². The summed E-state index contributed by atoms with van der Waals surface area (Å²) in [5.74, 6) is 0.174. The van der Waals surface area contributed by atoms with E-state index < -0.39 is 11.6 Å². The van der Waals surface area contributed by atoms with Crippen LogP contribution in [0.4, 0.5) is 0 Å². The second-order valence-electron chi connectivity index (χ2n) is 4.43. The minimum absolute atomic E-state index is 0.0213. The molecule has 18 heavy (non-hydrogen) atoms. The molecule has 1 atom stereocenters. The van der Waals surface area contributed by atoms with E-state index in [0.717, 1.165) is 22.6 Å². The molecular formula is C14H12O3S. The van der Waals surface area contributed by atoms with Crippen LogP contribution in [0.5, 0.6) is 0 Å². The van der Waals surface area contributed by atoms with Crippen LogP contribution in [0.1, 0.15) is 29.3 Å². The summed E-state index contributed by atoms with van der Waals surface area (Å²) in [5, 5.41) is 0. The van der Waals surface area contributed by atoms with Crippen LogP contribution in [-0.2, 0) is 9.53 Å². The number of rotatable bonds is 0. The Morgan fingerprint density at radius 1 is 1.17 bits per heavy atom. The molecular weight excluding hydrogens is 248 g/mol. The lowest BCUT2D eigenvalue weighted by Gasteiger charge is -2.20. The zero-order valence-electron chi connectivity index (χ0n) is 9.93. The van der Waals surface area contributed by atoms with E-state index in [0.29, 0.717) is 5.56 Å². The van der Waals surface area contributed by atoms with E-state index in [1.807, 2.05) is 19.1 Å². The van der Waals surface area contributed by atoms with Crippen molar-refractivity contribution < 1.29 is 14.3 Å². The molecule has 0 amide bonds. The number of hydrogen-bond donors (Lipinski definition) is 0. The van der Waals surface area contributed by atoms with Gasteiger partial charge in [-0.05, 0) is 13.3 Å². The van der Waals surface area contributed by atoms with Gasteiger partial charge in [0.25, 0.3) is 5.78 Å². The number of ether oxygens (including phenoxy) is 1. The highest BCUT2D eigenvalue weighted by Gasteiger charge is 2.36. The molecule has 0 saturated carbocycles. The minimum Gasteiger partial charge on any atom is -0.485 e. The highest BCUT2D eigenvalue weighted by atomic mass is 32.2. The molecule has 1 aromatic rings. The van der Waals surface area contributed by atoms with Crippen LogP contribution < -0.4 is 0 Å². The fourth-order valence-corrected chi connectivity index (χ4v) is 3.43. The second kappa shape index (κ2) is 4.28. The van der Waals surface area contributed by atoms with Crippen molar-refractivity contribution in [3.8, 4) is 0 Å². The maximum absolute atomic E-state index is 12.1. The van der Waals surface area contributed by atoms with Gasteiger partial charge in [0, 0.05) is 16.9 Å². The highest BCUT2D eigenvalue weighted by molar-refractivity contribution is 8.08. The summed E-state index contributed by atoms with van der Waals surface area (Å²) in [6.45, 7) is 1.93. The monoisotopic (exact) mass is 260 g/mol. The standard InChI is InChI=1S/C14H12O3S/c1-8-6-7-18-14-10-5-3-2-4-9(10)11(15)12(16)13(14)17-8/h2-5,8H,6-7H2,1H3. The number of carbonyl (C=O) groups excluding carboxylic acids is 2. The van der Waals surface area contributed by atoms with Gasteiger partial charge >= 0.3 is 0 Å². The van der Waals surface area contributed by atoms with Crippen LogP contribution in [-0.4, -0.2) is 23.4 Å². The Bertz CT molecular complexity index is 574. The fraction of sp³-hybridized carbons (Fsp3) is 0.286. The van der Waals surface area contributed by atoms with Crippen LogP contribution in [0, 0.1) is 0 Å². The van der Waals surface area contributed by atoms with Crippen molar-refractivity contribution in [3.05, 3.63) is 41.2 Å². The fourth-order valence-electron chi connectivity index (χ4n) is 2.17. The third-order valence-electron chi connectivity index (χ3n) is 3.12. The van der Waals surface area contributed by atoms with E-state index in [1.54, 1.807) is 23.9 Å². The van der Waals surface area contributed by atoms with E-state index in [9.17, 15) is 9.59 Å². The SMILES string of the molecule is CC1CCSC2=C(O1)C(=O)C(=O)c1ccccc12. The molecule has 3 nitrogen and oxygen atoms in total. The van der Waals surface area contributed by atoms with Crippen LogP contribution in [0.3, 0.4) is 0 Å². The molecule has 1 aliphatic carbocycles. The molecule has 0 N–H and O–H groups in total. The molecule has 0 saturated heterocycles. The maximum atomic E-state index is 12.1. The molecule has 0 fully saturated rings. The molecule has 0 spiro atoms. The first-order valence-corrected chi connectivity index (χ1v) is 6.89. The number of carbonyl (C=O) groups is 2. The van der Waals surface area contributed by atoms with Crippen molar-refractivity contribution in [2.75, 3.05) is 5.75 Å². The molecule has 2 aliphatic rings. The summed E-state index contributed by atoms with van der Waals surface area (Å²) in [6.07, 6.45) is 0.855. The van der Waals surface area contributed by atoms with Crippen LogP contribution >= 0.6 is 11.8 Å². The van der Waals surface area contributed by atoms with Crippen molar-refractivity contribution >= 4 is 28.2 Å². The van der Waals surface area contributed by atoms with Crippen molar-refractivity contribution in [2.24, 2.45) is 0 Å². The molecule has 1 aromatic carbocycles. The Kier molecular flexibility index (Phi) is 2.74. The first-order valence-electron chi connectivity index (χ1n) is 5.90. The van der Waals surface area contributed by atoms with Crippen molar-refractivity contribution in [1.29, 1.82) is 0 Å². The van der Waals surface area contributed by atoms with E-state index in [-0.39, 0.29) is 11.9 Å². The normalized spacial score (nSPS) is 23.1. The Hall–Kier alpha value is -1.55. The van der Waals surface area contributed by atoms with Gasteiger partial charge in [-0.15, -0.1) is 11.8 Å². The summed E-state index contributed by atoms with van der Waals surface area (Å²) < 4.78 is 5.64. The topological polar surface area (TPSA) is 43.4 Å². The van der Waals surface area contributed by atoms with Gasteiger partial charge in [0.2, 0.25) is 5.78 Å². The van der Waals surface area contributed by atoms with Gasteiger partial charge in [0.15, 0.2) is 5.76 Å². The molecule has 0 aromatic heterocycles.